The lowest BCUT2D eigenvalue weighted by atomic mass is 10.1. The van der Waals surface area contributed by atoms with Crippen LogP contribution in [-0.2, 0) is 0 Å². The van der Waals surface area contributed by atoms with E-state index < -0.39 is 0 Å². The molecule has 0 aliphatic heterocycles. The fraction of sp³-hybridized carbons (Fsp3) is 0.600. The van der Waals surface area contributed by atoms with Crippen molar-refractivity contribution in [3.63, 3.8) is 0 Å². The Morgan fingerprint density at radius 1 is 1.36 bits per heavy atom. The van der Waals surface area contributed by atoms with Crippen LogP contribution in [0.5, 0.6) is 0 Å². The average Bonchev–Trinajstić information content (AvgIpc) is 2.26. The van der Waals surface area contributed by atoms with Gasteiger partial charge in [-0.2, -0.15) is 0 Å². The van der Waals surface area contributed by atoms with Gasteiger partial charge in [0.1, 0.15) is 11.6 Å². The first kappa shape index (κ1) is 10.8. The summed E-state index contributed by atoms with van der Waals surface area (Å²) in [7, 11) is 1.84. The third-order valence-corrected chi connectivity index (χ3v) is 2.22. The molecule has 0 fully saturated rings. The van der Waals surface area contributed by atoms with E-state index in [0.717, 1.165) is 18.2 Å². The second-order valence-electron chi connectivity index (χ2n) is 3.43. The van der Waals surface area contributed by atoms with Crippen LogP contribution in [0.1, 0.15) is 20.3 Å². The molecular formula is C10H18N4. The van der Waals surface area contributed by atoms with Crippen LogP contribution < -0.4 is 10.6 Å². The lowest BCUT2D eigenvalue weighted by molar-refractivity contribution is 0.592. The van der Waals surface area contributed by atoms with Crippen LogP contribution >= 0.6 is 0 Å². The Morgan fingerprint density at radius 2 is 2.07 bits per heavy atom. The van der Waals surface area contributed by atoms with Gasteiger partial charge in [0.05, 0.1) is 12.4 Å². The second-order valence-corrected chi connectivity index (χ2v) is 3.43. The molecule has 1 aromatic heterocycles. The molecule has 1 aromatic rings. The summed E-state index contributed by atoms with van der Waals surface area (Å²) in [6.45, 7) is 5.34. The molecule has 0 saturated heterocycles. The summed E-state index contributed by atoms with van der Waals surface area (Å²) < 4.78 is 0. The van der Waals surface area contributed by atoms with Gasteiger partial charge in [-0.25, -0.2) is 4.98 Å². The van der Waals surface area contributed by atoms with Crippen molar-refractivity contribution in [1.82, 2.24) is 9.97 Å². The zero-order valence-corrected chi connectivity index (χ0v) is 9.04. The highest BCUT2D eigenvalue weighted by atomic mass is 15.1. The van der Waals surface area contributed by atoms with Crippen LogP contribution in [-0.4, -0.2) is 23.6 Å². The van der Waals surface area contributed by atoms with Crippen molar-refractivity contribution < 1.29 is 0 Å². The number of nitrogens with zero attached hydrogens (tertiary/aromatic N) is 2. The third-order valence-electron chi connectivity index (χ3n) is 2.22. The summed E-state index contributed by atoms with van der Waals surface area (Å²) in [5.41, 5.74) is 0. The lowest BCUT2D eigenvalue weighted by Crippen LogP contribution is -2.11. The molecule has 0 saturated carbocycles. The van der Waals surface area contributed by atoms with Crippen molar-refractivity contribution in [2.24, 2.45) is 5.92 Å². The molecule has 1 rings (SSSR count). The van der Waals surface area contributed by atoms with E-state index >= 15 is 0 Å². The fourth-order valence-corrected chi connectivity index (χ4v) is 0.995. The SMILES string of the molecule is CCC(C)CNc1cncc(NC)n1. The predicted molar refractivity (Wildman–Crippen MR) is 59.5 cm³/mol. The Kier molecular flexibility index (Phi) is 4.16. The molecule has 0 amide bonds. The number of hydrogen-bond donors (Lipinski definition) is 2. The number of nitrogens with one attached hydrogen (secondary N) is 2. The van der Waals surface area contributed by atoms with Gasteiger partial charge < -0.3 is 10.6 Å². The number of hydrogen-bond acceptors (Lipinski definition) is 4. The number of anilines is 2. The Labute approximate surface area is 85.2 Å². The van der Waals surface area contributed by atoms with Crippen LogP contribution in [0, 0.1) is 5.92 Å². The minimum absolute atomic E-state index is 0.662. The summed E-state index contributed by atoms with van der Waals surface area (Å²) >= 11 is 0. The Balaban J connectivity index is 2.50. The van der Waals surface area contributed by atoms with Crippen LogP contribution in [0.3, 0.4) is 0 Å². The predicted octanol–water partition coefficient (Wildman–Crippen LogP) is 1.98. The van der Waals surface area contributed by atoms with Crippen molar-refractivity contribution in [3.05, 3.63) is 12.4 Å². The van der Waals surface area contributed by atoms with E-state index in [1.165, 1.54) is 6.42 Å². The van der Waals surface area contributed by atoms with E-state index in [1.54, 1.807) is 12.4 Å². The Bertz CT molecular complexity index is 275. The maximum atomic E-state index is 4.31. The molecule has 4 heteroatoms. The molecule has 1 unspecified atom stereocenters. The molecular weight excluding hydrogens is 176 g/mol. The van der Waals surface area contributed by atoms with E-state index in [2.05, 4.69) is 34.4 Å². The average molecular weight is 194 g/mol. The first-order valence-electron chi connectivity index (χ1n) is 5.00. The van der Waals surface area contributed by atoms with Gasteiger partial charge in [0.15, 0.2) is 0 Å². The van der Waals surface area contributed by atoms with Gasteiger partial charge in [0, 0.05) is 13.6 Å². The van der Waals surface area contributed by atoms with Gasteiger partial charge in [0.2, 0.25) is 0 Å². The zero-order valence-electron chi connectivity index (χ0n) is 9.04. The quantitative estimate of drug-likeness (QED) is 0.752. The second kappa shape index (κ2) is 5.42. The highest BCUT2D eigenvalue weighted by molar-refractivity contribution is 5.40. The minimum atomic E-state index is 0.662. The van der Waals surface area contributed by atoms with Crippen molar-refractivity contribution in [2.45, 2.75) is 20.3 Å². The van der Waals surface area contributed by atoms with E-state index in [0.29, 0.717) is 5.92 Å². The molecule has 0 spiro atoms. The van der Waals surface area contributed by atoms with Gasteiger partial charge in [-0.15, -0.1) is 0 Å². The highest BCUT2D eigenvalue weighted by Crippen LogP contribution is 2.07. The fourth-order valence-electron chi connectivity index (χ4n) is 0.995. The van der Waals surface area contributed by atoms with Crippen LogP contribution in [0.4, 0.5) is 11.6 Å². The summed E-state index contributed by atoms with van der Waals surface area (Å²) in [6.07, 6.45) is 4.61. The number of aromatic nitrogens is 2. The standard InChI is InChI=1S/C10H18N4/c1-4-8(2)5-13-10-7-12-6-9(11-3)14-10/h6-8H,4-5H2,1-3H3,(H2,11,13,14). The van der Waals surface area contributed by atoms with Gasteiger partial charge in [-0.3, -0.25) is 4.98 Å². The molecule has 1 heterocycles. The molecule has 1 atom stereocenters. The summed E-state index contributed by atoms with van der Waals surface area (Å²) in [4.78, 5) is 8.38. The molecule has 0 aromatic carbocycles. The van der Waals surface area contributed by atoms with Gasteiger partial charge in [0.25, 0.3) is 0 Å². The van der Waals surface area contributed by atoms with Crippen molar-refractivity contribution in [2.75, 3.05) is 24.2 Å². The monoisotopic (exact) mass is 194 g/mol. The van der Waals surface area contributed by atoms with E-state index in [-0.39, 0.29) is 0 Å². The van der Waals surface area contributed by atoms with Crippen LogP contribution in [0.15, 0.2) is 12.4 Å². The normalized spacial score (nSPS) is 12.2. The molecule has 0 aliphatic rings. The topological polar surface area (TPSA) is 49.8 Å². The Morgan fingerprint density at radius 3 is 2.71 bits per heavy atom. The smallest absolute Gasteiger partial charge is 0.146 e. The van der Waals surface area contributed by atoms with Crippen LogP contribution in [0.25, 0.3) is 0 Å². The lowest BCUT2D eigenvalue weighted by Gasteiger charge is -2.10. The third kappa shape index (κ3) is 3.20. The largest absolute Gasteiger partial charge is 0.372 e. The minimum Gasteiger partial charge on any atom is -0.372 e. The number of rotatable bonds is 5. The van der Waals surface area contributed by atoms with E-state index in [4.69, 9.17) is 0 Å². The molecule has 0 aliphatic carbocycles. The first-order valence-corrected chi connectivity index (χ1v) is 5.00. The van der Waals surface area contributed by atoms with Crippen molar-refractivity contribution >= 4 is 11.6 Å². The maximum absolute atomic E-state index is 4.31. The van der Waals surface area contributed by atoms with Gasteiger partial charge >= 0.3 is 0 Å². The van der Waals surface area contributed by atoms with Crippen molar-refractivity contribution in [1.29, 1.82) is 0 Å². The highest BCUT2D eigenvalue weighted by Gasteiger charge is 2.00. The molecule has 2 N–H and O–H groups in total. The molecule has 78 valence electrons. The Hall–Kier alpha value is -1.32. The van der Waals surface area contributed by atoms with Gasteiger partial charge in [-0.05, 0) is 5.92 Å². The van der Waals surface area contributed by atoms with E-state index in [9.17, 15) is 0 Å². The zero-order chi connectivity index (χ0) is 10.4. The molecule has 4 nitrogen and oxygen atoms in total. The molecule has 0 bridgehead atoms. The first-order chi connectivity index (χ1) is 6.76. The molecule has 14 heavy (non-hydrogen) atoms. The van der Waals surface area contributed by atoms with E-state index in [1.807, 2.05) is 7.05 Å². The molecule has 0 radical (unpaired) electrons. The summed E-state index contributed by atoms with van der Waals surface area (Å²) in [6, 6.07) is 0. The van der Waals surface area contributed by atoms with Gasteiger partial charge in [-0.1, -0.05) is 20.3 Å². The van der Waals surface area contributed by atoms with Crippen LogP contribution in [0.2, 0.25) is 0 Å². The maximum Gasteiger partial charge on any atom is 0.146 e. The summed E-state index contributed by atoms with van der Waals surface area (Å²) in [5.74, 6) is 2.28. The summed E-state index contributed by atoms with van der Waals surface area (Å²) in [5, 5.41) is 6.21. The van der Waals surface area contributed by atoms with Crippen molar-refractivity contribution in [3.8, 4) is 0 Å².